The summed E-state index contributed by atoms with van der Waals surface area (Å²) in [6, 6.07) is 10.6. The number of unbranched alkanes of at least 4 members (excludes halogenated alkanes) is 1. The van der Waals surface area contributed by atoms with Gasteiger partial charge < -0.3 is 0 Å². The molecule has 0 fully saturated rings. The Morgan fingerprint density at radius 3 is 2.17 bits per heavy atom. The molecule has 0 amide bonds. The average Bonchev–Trinajstić information content (AvgIpc) is 2.19. The summed E-state index contributed by atoms with van der Waals surface area (Å²) in [5.74, 6) is 0. The molecule has 0 saturated heterocycles. The third-order valence-electron chi connectivity index (χ3n) is 1.66. The molecule has 0 aliphatic rings. The van der Waals surface area contributed by atoms with Crippen LogP contribution in [0.4, 0.5) is 0 Å². The standard InChI is InChI=1S/C10H14.C2H4/c1-2-3-7-10-8-5-4-6-9-10;1-2/h4-6,8-9H,2-3,7H2,1H3;1-2H2. The number of benzene rings is 1. The van der Waals surface area contributed by atoms with Gasteiger partial charge in [-0.2, -0.15) is 0 Å². The highest BCUT2D eigenvalue weighted by atomic mass is 13.9. The first-order chi connectivity index (χ1) is 5.93. The molecule has 1 rings (SSSR count). The Labute approximate surface area is 75.9 Å². The Kier molecular flexibility index (Phi) is 7.36. The molecule has 1 aromatic rings. The molecule has 0 nitrogen and oxygen atoms in total. The van der Waals surface area contributed by atoms with Gasteiger partial charge in [-0.05, 0) is 18.4 Å². The van der Waals surface area contributed by atoms with Crippen LogP contribution >= 0.6 is 0 Å². The lowest BCUT2D eigenvalue weighted by molar-refractivity contribution is 0.795. The molecule has 66 valence electrons. The molecule has 0 saturated carbocycles. The van der Waals surface area contributed by atoms with Crippen LogP contribution in [0.15, 0.2) is 43.5 Å². The first kappa shape index (κ1) is 11.0. The smallest absolute Gasteiger partial charge is 0.0279 e. The SMILES string of the molecule is C=C.CCCCc1ccccc1. The van der Waals surface area contributed by atoms with Crippen molar-refractivity contribution in [2.45, 2.75) is 26.2 Å². The van der Waals surface area contributed by atoms with E-state index in [-0.39, 0.29) is 0 Å². The zero-order valence-electron chi connectivity index (χ0n) is 7.92. The topological polar surface area (TPSA) is 0 Å². The van der Waals surface area contributed by atoms with Gasteiger partial charge in [0.1, 0.15) is 0 Å². The van der Waals surface area contributed by atoms with E-state index < -0.39 is 0 Å². The van der Waals surface area contributed by atoms with E-state index in [2.05, 4.69) is 50.4 Å². The van der Waals surface area contributed by atoms with Gasteiger partial charge in [-0.3, -0.25) is 0 Å². The van der Waals surface area contributed by atoms with E-state index in [4.69, 9.17) is 0 Å². The molecule has 0 heterocycles. The molecule has 0 radical (unpaired) electrons. The van der Waals surface area contributed by atoms with E-state index in [9.17, 15) is 0 Å². The summed E-state index contributed by atoms with van der Waals surface area (Å²) in [5.41, 5.74) is 1.46. The lowest BCUT2D eigenvalue weighted by Crippen LogP contribution is -1.81. The quantitative estimate of drug-likeness (QED) is 0.592. The number of rotatable bonds is 3. The summed E-state index contributed by atoms with van der Waals surface area (Å²) in [7, 11) is 0. The third kappa shape index (κ3) is 4.73. The van der Waals surface area contributed by atoms with Crippen molar-refractivity contribution in [2.24, 2.45) is 0 Å². The Bertz CT molecular complexity index is 176. The second-order valence-corrected chi connectivity index (χ2v) is 2.59. The van der Waals surface area contributed by atoms with E-state index in [1.807, 2.05) is 0 Å². The van der Waals surface area contributed by atoms with Gasteiger partial charge in [-0.1, -0.05) is 43.7 Å². The molecule has 0 bridgehead atoms. The van der Waals surface area contributed by atoms with Crippen molar-refractivity contribution in [3.8, 4) is 0 Å². The average molecular weight is 162 g/mol. The predicted molar refractivity (Wildman–Crippen MR) is 56.3 cm³/mol. The number of hydrogen-bond acceptors (Lipinski definition) is 0. The van der Waals surface area contributed by atoms with Gasteiger partial charge in [0, 0.05) is 0 Å². The van der Waals surface area contributed by atoms with E-state index in [1.54, 1.807) is 0 Å². The van der Waals surface area contributed by atoms with Crippen LogP contribution in [0.2, 0.25) is 0 Å². The Balaban J connectivity index is 0.000000561. The second kappa shape index (κ2) is 8.06. The van der Waals surface area contributed by atoms with Crippen LogP contribution < -0.4 is 0 Å². The van der Waals surface area contributed by atoms with E-state index in [0.717, 1.165) is 0 Å². The highest BCUT2D eigenvalue weighted by Crippen LogP contribution is 2.03. The van der Waals surface area contributed by atoms with Crippen molar-refractivity contribution in [2.75, 3.05) is 0 Å². The first-order valence-electron chi connectivity index (χ1n) is 4.47. The van der Waals surface area contributed by atoms with E-state index in [1.165, 1.54) is 24.8 Å². The highest BCUT2D eigenvalue weighted by Gasteiger charge is 1.87. The van der Waals surface area contributed by atoms with Gasteiger partial charge in [-0.25, -0.2) is 0 Å². The zero-order valence-corrected chi connectivity index (χ0v) is 7.92. The molecule has 1 aromatic carbocycles. The minimum Gasteiger partial charge on any atom is -0.106 e. The van der Waals surface area contributed by atoms with Crippen LogP contribution in [0.5, 0.6) is 0 Å². The van der Waals surface area contributed by atoms with Crippen LogP contribution in [0, 0.1) is 0 Å². The largest absolute Gasteiger partial charge is 0.106 e. The van der Waals surface area contributed by atoms with Crippen molar-refractivity contribution in [3.63, 3.8) is 0 Å². The maximum atomic E-state index is 3.00. The lowest BCUT2D eigenvalue weighted by Gasteiger charge is -1.96. The van der Waals surface area contributed by atoms with Crippen LogP contribution in [-0.2, 0) is 6.42 Å². The molecule has 0 N–H and O–H groups in total. The molecule has 12 heavy (non-hydrogen) atoms. The van der Waals surface area contributed by atoms with Crippen molar-refractivity contribution in [1.29, 1.82) is 0 Å². The molecular formula is C12H18. The number of hydrogen-bond donors (Lipinski definition) is 0. The second-order valence-electron chi connectivity index (χ2n) is 2.59. The summed E-state index contributed by atoms with van der Waals surface area (Å²) < 4.78 is 0. The van der Waals surface area contributed by atoms with E-state index >= 15 is 0 Å². The minimum atomic E-state index is 1.23. The van der Waals surface area contributed by atoms with Gasteiger partial charge >= 0.3 is 0 Å². The summed E-state index contributed by atoms with van der Waals surface area (Å²) in [4.78, 5) is 0. The van der Waals surface area contributed by atoms with Crippen LogP contribution in [0.1, 0.15) is 25.3 Å². The summed E-state index contributed by atoms with van der Waals surface area (Å²) >= 11 is 0. The minimum absolute atomic E-state index is 1.23. The van der Waals surface area contributed by atoms with Gasteiger partial charge in [0.2, 0.25) is 0 Å². The molecule has 0 aliphatic heterocycles. The lowest BCUT2D eigenvalue weighted by atomic mass is 10.1. The van der Waals surface area contributed by atoms with Gasteiger partial charge in [0.05, 0.1) is 0 Å². The van der Waals surface area contributed by atoms with Gasteiger partial charge in [-0.15, -0.1) is 13.2 Å². The molecule has 0 heteroatoms. The fourth-order valence-electron chi connectivity index (χ4n) is 1.03. The number of aryl methyl sites for hydroxylation is 1. The van der Waals surface area contributed by atoms with Crippen molar-refractivity contribution >= 4 is 0 Å². The van der Waals surface area contributed by atoms with Gasteiger partial charge in [0.25, 0.3) is 0 Å². The van der Waals surface area contributed by atoms with Crippen molar-refractivity contribution in [1.82, 2.24) is 0 Å². The first-order valence-corrected chi connectivity index (χ1v) is 4.47. The molecule has 0 unspecified atom stereocenters. The zero-order chi connectivity index (χ0) is 9.23. The fourth-order valence-corrected chi connectivity index (χ4v) is 1.03. The highest BCUT2D eigenvalue weighted by molar-refractivity contribution is 5.14. The molecule has 0 atom stereocenters. The van der Waals surface area contributed by atoms with Crippen LogP contribution in [-0.4, -0.2) is 0 Å². The molecular weight excluding hydrogens is 144 g/mol. The molecule has 0 spiro atoms. The fraction of sp³-hybridized carbons (Fsp3) is 0.333. The maximum absolute atomic E-state index is 3.00. The summed E-state index contributed by atoms with van der Waals surface area (Å²) in [6.07, 6.45) is 3.83. The molecule has 0 aliphatic carbocycles. The summed E-state index contributed by atoms with van der Waals surface area (Å²) in [5, 5.41) is 0. The molecule has 0 aromatic heterocycles. The van der Waals surface area contributed by atoms with Crippen LogP contribution in [0.3, 0.4) is 0 Å². The normalized spacial score (nSPS) is 8.42. The monoisotopic (exact) mass is 162 g/mol. The third-order valence-corrected chi connectivity index (χ3v) is 1.66. The summed E-state index contributed by atoms with van der Waals surface area (Å²) in [6.45, 7) is 8.23. The van der Waals surface area contributed by atoms with E-state index in [0.29, 0.717) is 0 Å². The van der Waals surface area contributed by atoms with Gasteiger partial charge in [0.15, 0.2) is 0 Å². The maximum Gasteiger partial charge on any atom is -0.0279 e. The van der Waals surface area contributed by atoms with Crippen LogP contribution in [0.25, 0.3) is 0 Å². The Morgan fingerprint density at radius 1 is 1.08 bits per heavy atom. The van der Waals surface area contributed by atoms with Crippen molar-refractivity contribution in [3.05, 3.63) is 49.1 Å². The Morgan fingerprint density at radius 2 is 1.67 bits per heavy atom. The van der Waals surface area contributed by atoms with Crippen molar-refractivity contribution < 1.29 is 0 Å². The predicted octanol–water partition coefficient (Wildman–Crippen LogP) is 3.83. The Hall–Kier alpha value is -1.04.